The van der Waals surface area contributed by atoms with Gasteiger partial charge in [-0.1, -0.05) is 23.9 Å². The van der Waals surface area contributed by atoms with Crippen molar-refractivity contribution < 1.29 is 9.90 Å². The molecule has 112 valence electrons. The highest BCUT2D eigenvalue weighted by Gasteiger charge is 2.11. The number of fused-ring (bicyclic) bond motifs is 1. The van der Waals surface area contributed by atoms with E-state index in [-0.39, 0.29) is 5.75 Å². The Kier molecular flexibility index (Phi) is 4.66. The Morgan fingerprint density at radius 2 is 2.05 bits per heavy atom. The molecule has 0 saturated heterocycles. The van der Waals surface area contributed by atoms with Crippen LogP contribution in [0.1, 0.15) is 0 Å². The third kappa shape index (κ3) is 3.26. The summed E-state index contributed by atoms with van der Waals surface area (Å²) in [7, 11) is 0. The monoisotopic (exact) mass is 348 g/mol. The molecule has 0 radical (unpaired) electrons. The number of hydrogen-bond acceptors (Lipinski definition) is 6. The molecule has 0 bridgehead atoms. The van der Waals surface area contributed by atoms with Crippen molar-refractivity contribution in [3.8, 4) is 10.4 Å². The Morgan fingerprint density at radius 1 is 1.27 bits per heavy atom. The van der Waals surface area contributed by atoms with E-state index in [4.69, 9.17) is 5.11 Å². The van der Waals surface area contributed by atoms with Gasteiger partial charge in [-0.15, -0.1) is 23.1 Å². The minimum Gasteiger partial charge on any atom is -0.481 e. The second kappa shape index (κ2) is 6.68. The number of thioether (sulfide) groups is 2. The van der Waals surface area contributed by atoms with E-state index in [1.54, 1.807) is 23.1 Å². The second-order valence-electron chi connectivity index (χ2n) is 4.42. The summed E-state index contributed by atoms with van der Waals surface area (Å²) >= 11 is 4.53. The first-order valence-corrected chi connectivity index (χ1v) is 9.43. The van der Waals surface area contributed by atoms with E-state index in [1.165, 1.54) is 23.0 Å². The lowest BCUT2D eigenvalue weighted by Gasteiger charge is -1.99. The van der Waals surface area contributed by atoms with Crippen LogP contribution >= 0.6 is 34.9 Å². The molecular weight excluding hydrogens is 336 g/mol. The Labute approximate surface area is 140 Å². The van der Waals surface area contributed by atoms with Crippen molar-refractivity contribution >= 4 is 51.0 Å². The predicted molar refractivity (Wildman–Crippen MR) is 93.0 cm³/mol. The quantitative estimate of drug-likeness (QED) is 0.549. The zero-order chi connectivity index (χ0) is 15.5. The maximum absolute atomic E-state index is 10.7. The van der Waals surface area contributed by atoms with Gasteiger partial charge in [0.25, 0.3) is 0 Å². The van der Waals surface area contributed by atoms with Crippen LogP contribution in [0.4, 0.5) is 0 Å². The molecule has 4 nitrogen and oxygen atoms in total. The maximum Gasteiger partial charge on any atom is 0.313 e. The van der Waals surface area contributed by atoms with E-state index in [0.717, 1.165) is 25.7 Å². The maximum atomic E-state index is 10.7. The molecule has 0 aliphatic carbocycles. The summed E-state index contributed by atoms with van der Waals surface area (Å²) < 4.78 is 0. The molecule has 1 N–H and O–H groups in total. The van der Waals surface area contributed by atoms with E-state index in [1.807, 2.05) is 6.07 Å². The van der Waals surface area contributed by atoms with E-state index in [2.05, 4.69) is 40.5 Å². The molecule has 2 heterocycles. The van der Waals surface area contributed by atoms with Crippen LogP contribution in [0.15, 0.2) is 46.6 Å². The summed E-state index contributed by atoms with van der Waals surface area (Å²) in [5.41, 5.74) is 1.13. The van der Waals surface area contributed by atoms with Crippen molar-refractivity contribution in [1.82, 2.24) is 9.97 Å². The van der Waals surface area contributed by atoms with Crippen LogP contribution in [0.25, 0.3) is 20.7 Å². The van der Waals surface area contributed by atoms with Crippen molar-refractivity contribution in [2.45, 2.75) is 9.92 Å². The number of aliphatic carboxylic acids is 1. The summed E-state index contributed by atoms with van der Waals surface area (Å²) in [6.45, 7) is 0. The number of hydrogen-bond donors (Lipinski definition) is 1. The van der Waals surface area contributed by atoms with Crippen LogP contribution in [0.3, 0.4) is 0 Å². The van der Waals surface area contributed by atoms with Crippen LogP contribution in [0, 0.1) is 0 Å². The minimum absolute atomic E-state index is 0.000284. The van der Waals surface area contributed by atoms with Gasteiger partial charge < -0.3 is 5.11 Å². The Hall–Kier alpha value is -1.57. The topological polar surface area (TPSA) is 63.1 Å². The highest BCUT2D eigenvalue weighted by atomic mass is 32.2. The first-order valence-electron chi connectivity index (χ1n) is 6.41. The molecule has 0 aliphatic rings. The van der Waals surface area contributed by atoms with E-state index in [0.29, 0.717) is 0 Å². The van der Waals surface area contributed by atoms with Crippen LogP contribution in [0.5, 0.6) is 0 Å². The molecule has 0 atom stereocenters. The molecule has 0 fully saturated rings. The van der Waals surface area contributed by atoms with Gasteiger partial charge in [-0.2, -0.15) is 0 Å². The predicted octanol–water partition coefficient (Wildman–Crippen LogP) is 4.26. The Morgan fingerprint density at radius 3 is 2.73 bits per heavy atom. The summed E-state index contributed by atoms with van der Waals surface area (Å²) in [5, 5.41) is 10.5. The zero-order valence-electron chi connectivity index (χ0n) is 11.6. The summed E-state index contributed by atoms with van der Waals surface area (Å²) in [5.74, 6) is -0.848. The number of benzene rings is 1. The number of carbonyl (C=O) groups is 1. The van der Waals surface area contributed by atoms with Crippen LogP contribution < -0.4 is 0 Å². The van der Waals surface area contributed by atoms with Gasteiger partial charge in [-0.05, 0) is 30.0 Å². The molecule has 0 unspecified atom stereocenters. The Balaban J connectivity index is 1.97. The molecular formula is C15H12N2O2S3. The fourth-order valence-electron chi connectivity index (χ4n) is 1.98. The van der Waals surface area contributed by atoms with Gasteiger partial charge >= 0.3 is 5.97 Å². The van der Waals surface area contributed by atoms with Gasteiger partial charge in [0.05, 0.1) is 5.75 Å². The molecule has 3 rings (SSSR count). The van der Waals surface area contributed by atoms with Crippen molar-refractivity contribution in [1.29, 1.82) is 0 Å². The van der Waals surface area contributed by atoms with Crippen molar-refractivity contribution in [2.24, 2.45) is 0 Å². The second-order valence-corrected chi connectivity index (χ2v) is 7.29. The number of carboxylic acid groups (broad SMARTS) is 1. The molecule has 0 aliphatic heterocycles. The van der Waals surface area contributed by atoms with Crippen LogP contribution in [-0.4, -0.2) is 33.1 Å². The normalized spacial score (nSPS) is 11.0. The lowest BCUT2D eigenvalue weighted by atomic mass is 10.2. The SMILES string of the molecule is CSc1ccc(-c2cc3c(SCC(=O)O)ncnc3s2)cc1. The van der Waals surface area contributed by atoms with Gasteiger partial charge in [0.2, 0.25) is 0 Å². The third-order valence-corrected chi connectivity index (χ3v) is 5.83. The van der Waals surface area contributed by atoms with Crippen LogP contribution in [-0.2, 0) is 4.79 Å². The van der Waals surface area contributed by atoms with Crippen molar-refractivity contribution in [3.05, 3.63) is 36.7 Å². The summed E-state index contributed by atoms with van der Waals surface area (Å²) in [4.78, 5) is 22.4. The first-order chi connectivity index (χ1) is 10.7. The van der Waals surface area contributed by atoms with E-state index >= 15 is 0 Å². The average Bonchev–Trinajstić information content (AvgIpc) is 2.97. The molecule has 7 heteroatoms. The Bertz CT molecular complexity index is 815. The fraction of sp³-hybridized carbons (Fsp3) is 0.133. The third-order valence-electron chi connectivity index (χ3n) is 3.00. The molecule has 3 aromatic rings. The number of carboxylic acids is 1. The molecule has 1 aromatic carbocycles. The van der Waals surface area contributed by atoms with Crippen LogP contribution in [0.2, 0.25) is 0 Å². The fourth-order valence-corrected chi connectivity index (χ4v) is 4.15. The summed E-state index contributed by atoms with van der Waals surface area (Å²) in [6, 6.07) is 10.4. The largest absolute Gasteiger partial charge is 0.481 e. The van der Waals surface area contributed by atoms with Gasteiger partial charge in [0, 0.05) is 15.2 Å². The standard InChI is InChI=1S/C15H12N2O2S3/c1-20-10-4-2-9(3-5-10)12-6-11-14(21-7-13(18)19)16-8-17-15(11)22-12/h2-6,8H,7H2,1H3,(H,18,19). The number of thiophene rings is 1. The molecule has 0 spiro atoms. The van der Waals surface area contributed by atoms with Gasteiger partial charge in [-0.25, -0.2) is 9.97 Å². The number of rotatable bonds is 5. The molecule has 0 saturated carbocycles. The first kappa shape index (κ1) is 15.3. The smallest absolute Gasteiger partial charge is 0.313 e. The van der Waals surface area contributed by atoms with Crippen molar-refractivity contribution in [3.63, 3.8) is 0 Å². The molecule has 22 heavy (non-hydrogen) atoms. The van der Waals surface area contributed by atoms with E-state index in [9.17, 15) is 4.79 Å². The number of aromatic nitrogens is 2. The zero-order valence-corrected chi connectivity index (χ0v) is 14.1. The van der Waals surface area contributed by atoms with Crippen molar-refractivity contribution in [2.75, 3.05) is 12.0 Å². The lowest BCUT2D eigenvalue weighted by molar-refractivity contribution is -0.133. The molecule has 0 amide bonds. The van der Waals surface area contributed by atoms with Gasteiger partial charge in [0.15, 0.2) is 0 Å². The van der Waals surface area contributed by atoms with Gasteiger partial charge in [-0.3, -0.25) is 4.79 Å². The molecule has 2 aromatic heterocycles. The van der Waals surface area contributed by atoms with E-state index < -0.39 is 5.97 Å². The highest BCUT2D eigenvalue weighted by Crippen LogP contribution is 2.36. The lowest BCUT2D eigenvalue weighted by Crippen LogP contribution is -1.98. The minimum atomic E-state index is -0.847. The number of nitrogens with zero attached hydrogens (tertiary/aromatic N) is 2. The van der Waals surface area contributed by atoms with Gasteiger partial charge in [0.1, 0.15) is 16.2 Å². The summed E-state index contributed by atoms with van der Waals surface area (Å²) in [6.07, 6.45) is 3.54. The average molecular weight is 348 g/mol. The highest BCUT2D eigenvalue weighted by molar-refractivity contribution is 8.00.